The third kappa shape index (κ3) is 3.76. The molecule has 4 nitrogen and oxygen atoms in total. The van der Waals surface area contributed by atoms with Crippen molar-refractivity contribution >= 4 is 33.2 Å². The van der Waals surface area contributed by atoms with Gasteiger partial charge in [0.25, 0.3) is 0 Å². The molecule has 6 heteroatoms. The lowest BCUT2D eigenvalue weighted by molar-refractivity contribution is -0.126. The fourth-order valence-corrected chi connectivity index (χ4v) is 5.20. The van der Waals surface area contributed by atoms with E-state index < -0.39 is 15.1 Å². The van der Waals surface area contributed by atoms with E-state index in [1.54, 1.807) is 58.7 Å². The summed E-state index contributed by atoms with van der Waals surface area (Å²) in [6.45, 7) is 0.953. The average Bonchev–Trinajstić information content (AvgIpc) is 3.14. The Morgan fingerprint density at radius 3 is 2.42 bits per heavy atom. The maximum Gasteiger partial charge on any atom is 0.246 e. The van der Waals surface area contributed by atoms with E-state index in [4.69, 9.17) is 0 Å². The van der Waals surface area contributed by atoms with Gasteiger partial charge in [-0.1, -0.05) is 24.3 Å². The highest BCUT2D eigenvalue weighted by atomic mass is 32.2. The third-order valence-electron chi connectivity index (χ3n) is 4.20. The number of nitrogens with zero attached hydrogens (tertiary/aromatic N) is 1. The molecule has 1 aliphatic rings. The molecule has 0 saturated carbocycles. The highest BCUT2D eigenvalue weighted by Gasteiger charge is 2.32. The van der Waals surface area contributed by atoms with Gasteiger partial charge >= 0.3 is 0 Å². The first-order chi connectivity index (χ1) is 11.6. The SMILES string of the molecule is O=C(/C=C/c1cccs1)N1CCC(S(=O)(=O)c2ccccc2)CC1. The molecule has 1 fully saturated rings. The number of carbonyl (C=O) groups is 1. The number of thiophene rings is 1. The largest absolute Gasteiger partial charge is 0.339 e. The molecule has 0 aliphatic carbocycles. The molecular weight excluding hydrogens is 342 g/mol. The van der Waals surface area contributed by atoms with E-state index in [2.05, 4.69) is 0 Å². The summed E-state index contributed by atoms with van der Waals surface area (Å²) in [7, 11) is -3.31. The zero-order valence-electron chi connectivity index (χ0n) is 13.2. The van der Waals surface area contributed by atoms with Crippen molar-refractivity contribution in [3.63, 3.8) is 0 Å². The monoisotopic (exact) mass is 361 g/mol. The van der Waals surface area contributed by atoms with Gasteiger partial charge in [0, 0.05) is 24.0 Å². The summed E-state index contributed by atoms with van der Waals surface area (Å²) in [5.74, 6) is -0.0565. The van der Waals surface area contributed by atoms with Gasteiger partial charge in [-0.15, -0.1) is 11.3 Å². The lowest BCUT2D eigenvalue weighted by Crippen LogP contribution is -2.41. The van der Waals surface area contributed by atoms with Gasteiger partial charge in [0.1, 0.15) is 0 Å². The standard InChI is InChI=1S/C18H19NO3S2/c20-18(9-8-15-5-4-14-23-15)19-12-10-17(11-13-19)24(21,22)16-6-2-1-3-7-16/h1-9,14,17H,10-13H2/b9-8+. The first kappa shape index (κ1) is 16.9. The number of sulfone groups is 1. The van der Waals surface area contributed by atoms with Gasteiger partial charge in [0.05, 0.1) is 10.1 Å². The van der Waals surface area contributed by atoms with Crippen LogP contribution in [0.15, 0.2) is 58.8 Å². The summed E-state index contributed by atoms with van der Waals surface area (Å²) in [6.07, 6.45) is 4.34. The van der Waals surface area contributed by atoms with Crippen LogP contribution in [0.25, 0.3) is 6.08 Å². The highest BCUT2D eigenvalue weighted by molar-refractivity contribution is 7.92. The van der Waals surface area contributed by atoms with Gasteiger partial charge in [-0.3, -0.25) is 4.79 Å². The number of hydrogen-bond acceptors (Lipinski definition) is 4. The molecule has 2 heterocycles. The Hall–Kier alpha value is -1.92. The van der Waals surface area contributed by atoms with E-state index in [0.29, 0.717) is 30.8 Å². The fraction of sp³-hybridized carbons (Fsp3) is 0.278. The van der Waals surface area contributed by atoms with E-state index >= 15 is 0 Å². The zero-order valence-corrected chi connectivity index (χ0v) is 14.8. The van der Waals surface area contributed by atoms with E-state index in [1.807, 2.05) is 17.5 Å². The third-order valence-corrected chi connectivity index (χ3v) is 7.31. The minimum atomic E-state index is -3.31. The Morgan fingerprint density at radius 2 is 1.79 bits per heavy atom. The van der Waals surface area contributed by atoms with Crippen LogP contribution in [0.4, 0.5) is 0 Å². The summed E-state index contributed by atoms with van der Waals surface area (Å²) < 4.78 is 25.3. The lowest BCUT2D eigenvalue weighted by atomic mass is 10.1. The number of piperidine rings is 1. The van der Waals surface area contributed by atoms with Crippen LogP contribution in [-0.4, -0.2) is 37.6 Å². The van der Waals surface area contributed by atoms with Gasteiger partial charge in [-0.25, -0.2) is 8.42 Å². The number of benzene rings is 1. The Balaban J connectivity index is 1.60. The van der Waals surface area contributed by atoms with Crippen molar-refractivity contribution in [2.24, 2.45) is 0 Å². The molecule has 1 aromatic carbocycles. The number of hydrogen-bond donors (Lipinski definition) is 0. The Labute approximate surface area is 146 Å². The van der Waals surface area contributed by atoms with Crippen LogP contribution in [0, 0.1) is 0 Å². The van der Waals surface area contributed by atoms with E-state index in [-0.39, 0.29) is 5.91 Å². The fourth-order valence-electron chi connectivity index (χ4n) is 2.83. The van der Waals surface area contributed by atoms with Crippen molar-refractivity contribution in [1.29, 1.82) is 0 Å². The summed E-state index contributed by atoms with van der Waals surface area (Å²) in [6, 6.07) is 12.4. The minimum Gasteiger partial charge on any atom is -0.339 e. The van der Waals surface area contributed by atoms with E-state index in [0.717, 1.165) is 4.88 Å². The number of likely N-dealkylation sites (tertiary alicyclic amines) is 1. The van der Waals surface area contributed by atoms with Gasteiger partial charge < -0.3 is 4.90 Å². The highest BCUT2D eigenvalue weighted by Crippen LogP contribution is 2.24. The molecule has 0 spiro atoms. The molecule has 3 rings (SSSR count). The van der Waals surface area contributed by atoms with Crippen LogP contribution < -0.4 is 0 Å². The average molecular weight is 361 g/mol. The molecule has 1 amide bonds. The van der Waals surface area contributed by atoms with Crippen LogP contribution in [0.5, 0.6) is 0 Å². The van der Waals surface area contributed by atoms with Gasteiger partial charge in [0.2, 0.25) is 5.91 Å². The molecule has 1 aromatic heterocycles. The quantitative estimate of drug-likeness (QED) is 0.786. The predicted octanol–water partition coefficient (Wildman–Crippen LogP) is 3.23. The smallest absolute Gasteiger partial charge is 0.246 e. The van der Waals surface area contributed by atoms with Crippen LogP contribution in [-0.2, 0) is 14.6 Å². The van der Waals surface area contributed by atoms with Crippen molar-refractivity contribution < 1.29 is 13.2 Å². The maximum atomic E-state index is 12.6. The number of carbonyl (C=O) groups excluding carboxylic acids is 1. The van der Waals surface area contributed by atoms with Crippen molar-refractivity contribution in [2.45, 2.75) is 23.0 Å². The number of amides is 1. The van der Waals surface area contributed by atoms with E-state index in [1.165, 1.54) is 0 Å². The minimum absolute atomic E-state index is 0.0565. The lowest BCUT2D eigenvalue weighted by Gasteiger charge is -2.31. The molecule has 0 N–H and O–H groups in total. The first-order valence-corrected chi connectivity index (χ1v) is 10.3. The molecule has 24 heavy (non-hydrogen) atoms. The molecular formula is C18H19NO3S2. The second-order valence-corrected chi connectivity index (χ2v) is 8.94. The van der Waals surface area contributed by atoms with E-state index in [9.17, 15) is 13.2 Å². The second-order valence-electron chi connectivity index (χ2n) is 5.73. The first-order valence-electron chi connectivity index (χ1n) is 7.87. The molecule has 2 aromatic rings. The molecule has 0 atom stereocenters. The predicted molar refractivity (Wildman–Crippen MR) is 96.6 cm³/mol. The Morgan fingerprint density at radius 1 is 1.08 bits per heavy atom. The van der Waals surface area contributed by atoms with Crippen molar-refractivity contribution in [3.8, 4) is 0 Å². The molecule has 0 bridgehead atoms. The van der Waals surface area contributed by atoms with Crippen LogP contribution in [0.3, 0.4) is 0 Å². The normalized spacial score (nSPS) is 16.6. The molecule has 0 unspecified atom stereocenters. The van der Waals surface area contributed by atoms with Crippen LogP contribution in [0.2, 0.25) is 0 Å². The summed E-state index contributed by atoms with van der Waals surface area (Å²) in [5, 5.41) is 1.55. The van der Waals surface area contributed by atoms with Crippen LogP contribution in [0.1, 0.15) is 17.7 Å². The molecule has 1 saturated heterocycles. The second kappa shape index (κ2) is 7.32. The Kier molecular flexibility index (Phi) is 5.16. The summed E-state index contributed by atoms with van der Waals surface area (Å²) in [5.41, 5.74) is 0. The zero-order chi connectivity index (χ0) is 17.0. The van der Waals surface area contributed by atoms with Gasteiger partial charge in [-0.2, -0.15) is 0 Å². The summed E-state index contributed by atoms with van der Waals surface area (Å²) >= 11 is 1.58. The maximum absolute atomic E-state index is 12.6. The van der Waals surface area contributed by atoms with Crippen molar-refractivity contribution in [1.82, 2.24) is 4.90 Å². The van der Waals surface area contributed by atoms with Crippen LogP contribution >= 0.6 is 11.3 Å². The van der Waals surface area contributed by atoms with Crippen molar-refractivity contribution in [2.75, 3.05) is 13.1 Å². The van der Waals surface area contributed by atoms with Gasteiger partial charge in [0.15, 0.2) is 9.84 Å². The summed E-state index contributed by atoms with van der Waals surface area (Å²) in [4.78, 5) is 15.3. The topological polar surface area (TPSA) is 54.5 Å². The molecule has 126 valence electrons. The molecule has 0 radical (unpaired) electrons. The van der Waals surface area contributed by atoms with Crippen molar-refractivity contribution in [3.05, 3.63) is 58.8 Å². The Bertz CT molecular complexity index is 803. The van der Waals surface area contributed by atoms with Gasteiger partial charge in [-0.05, 0) is 42.5 Å². The molecule has 1 aliphatic heterocycles. The number of rotatable bonds is 4.